The van der Waals surface area contributed by atoms with E-state index >= 15 is 0 Å². The smallest absolute Gasteiger partial charge is 0.289 e. The van der Waals surface area contributed by atoms with E-state index in [1.807, 2.05) is 13.8 Å². The van der Waals surface area contributed by atoms with Gasteiger partial charge in [0.05, 0.1) is 5.69 Å². The molecular weight excluding hydrogens is 228 g/mol. The molecular formula is C11H17ClN2O2. The Morgan fingerprint density at radius 3 is 2.75 bits per heavy atom. The van der Waals surface area contributed by atoms with Crippen LogP contribution in [0.4, 0.5) is 0 Å². The second kappa shape index (κ2) is 5.89. The van der Waals surface area contributed by atoms with Gasteiger partial charge in [0, 0.05) is 11.9 Å². The van der Waals surface area contributed by atoms with Crippen molar-refractivity contribution in [2.24, 2.45) is 5.92 Å². The van der Waals surface area contributed by atoms with Crippen LogP contribution in [0.2, 0.25) is 0 Å². The Hall–Kier alpha value is -1.03. The number of aryl methyl sites for hydroxylation is 1. The summed E-state index contributed by atoms with van der Waals surface area (Å²) in [4.78, 5) is 15.7. The number of alkyl halides is 1. The average molecular weight is 245 g/mol. The first-order chi connectivity index (χ1) is 7.56. The minimum absolute atomic E-state index is 0.0644. The molecule has 0 aliphatic heterocycles. The average Bonchev–Trinajstić information content (AvgIpc) is 2.63. The van der Waals surface area contributed by atoms with E-state index in [-0.39, 0.29) is 17.7 Å². The summed E-state index contributed by atoms with van der Waals surface area (Å²) in [6.45, 7) is 5.83. The number of nitrogens with one attached hydrogen (secondary N) is 1. The zero-order valence-electron chi connectivity index (χ0n) is 9.79. The number of hydrogen-bond donors (Lipinski definition) is 1. The first-order valence-corrected chi connectivity index (χ1v) is 5.86. The lowest BCUT2D eigenvalue weighted by Crippen LogP contribution is -2.39. The Labute approximate surface area is 100 Å². The topological polar surface area (TPSA) is 55.1 Å². The molecule has 0 aliphatic rings. The van der Waals surface area contributed by atoms with Gasteiger partial charge in [-0.05, 0) is 19.3 Å². The van der Waals surface area contributed by atoms with Crippen LogP contribution in [0, 0.1) is 12.8 Å². The minimum Gasteiger partial charge on any atom is -0.438 e. The molecule has 0 aromatic carbocycles. The number of nitrogens with zero attached hydrogens (tertiary/aromatic N) is 1. The molecule has 0 fully saturated rings. The number of oxazole rings is 1. The van der Waals surface area contributed by atoms with E-state index in [4.69, 9.17) is 16.0 Å². The van der Waals surface area contributed by atoms with Crippen LogP contribution in [0.25, 0.3) is 0 Å². The molecule has 1 N–H and O–H groups in total. The highest BCUT2D eigenvalue weighted by atomic mass is 35.5. The lowest BCUT2D eigenvalue weighted by atomic mass is 10.0. The molecule has 1 rings (SSSR count). The zero-order valence-corrected chi connectivity index (χ0v) is 10.5. The molecule has 0 aliphatic carbocycles. The molecule has 4 nitrogen and oxygen atoms in total. The second-order valence-corrected chi connectivity index (χ2v) is 4.45. The molecule has 90 valence electrons. The summed E-state index contributed by atoms with van der Waals surface area (Å²) in [5.74, 6) is 0.920. The molecule has 0 radical (unpaired) electrons. The molecule has 0 saturated heterocycles. The number of carbonyl (C=O) groups excluding carboxylic acids is 1. The number of halogens is 1. The van der Waals surface area contributed by atoms with Gasteiger partial charge in [-0.25, -0.2) is 4.98 Å². The zero-order chi connectivity index (χ0) is 12.1. The van der Waals surface area contributed by atoms with Crippen LogP contribution in [0.3, 0.4) is 0 Å². The van der Waals surface area contributed by atoms with Crippen molar-refractivity contribution in [3.8, 4) is 0 Å². The molecule has 1 atom stereocenters. The summed E-state index contributed by atoms with van der Waals surface area (Å²) in [6.07, 6.45) is 2.02. The summed E-state index contributed by atoms with van der Waals surface area (Å²) in [5, 5.41) is 2.90. The number of hydrogen-bond acceptors (Lipinski definition) is 3. The number of carbonyl (C=O) groups is 1. The van der Waals surface area contributed by atoms with Crippen LogP contribution >= 0.6 is 11.6 Å². The Bertz CT molecular complexity index is 350. The third-order valence-corrected chi connectivity index (χ3v) is 2.71. The molecule has 1 aromatic heterocycles. The van der Waals surface area contributed by atoms with E-state index in [1.54, 1.807) is 6.92 Å². The third kappa shape index (κ3) is 3.23. The Balaban J connectivity index is 2.65. The summed E-state index contributed by atoms with van der Waals surface area (Å²) >= 11 is 5.69. The van der Waals surface area contributed by atoms with Crippen molar-refractivity contribution < 1.29 is 9.21 Å². The summed E-state index contributed by atoms with van der Waals surface area (Å²) < 4.78 is 5.03. The van der Waals surface area contributed by atoms with Gasteiger partial charge in [0.15, 0.2) is 6.39 Å². The standard InChI is InChI=1S/C11H17ClN2O2/c1-7(2)9(4-5-12)14-11(15)10-8(3)13-6-16-10/h6-7,9H,4-5H2,1-3H3,(H,14,15). The van der Waals surface area contributed by atoms with Crippen molar-refractivity contribution in [2.45, 2.75) is 33.2 Å². The fraction of sp³-hybridized carbons (Fsp3) is 0.636. The van der Waals surface area contributed by atoms with E-state index in [1.165, 1.54) is 6.39 Å². The maximum Gasteiger partial charge on any atom is 0.289 e. The predicted molar refractivity (Wildman–Crippen MR) is 62.7 cm³/mol. The second-order valence-electron chi connectivity index (χ2n) is 4.07. The van der Waals surface area contributed by atoms with Crippen molar-refractivity contribution >= 4 is 17.5 Å². The van der Waals surface area contributed by atoms with Gasteiger partial charge in [-0.15, -0.1) is 11.6 Å². The molecule has 1 unspecified atom stereocenters. The molecule has 1 aromatic rings. The Morgan fingerprint density at radius 1 is 1.62 bits per heavy atom. The van der Waals surface area contributed by atoms with Crippen LogP contribution in [0.5, 0.6) is 0 Å². The third-order valence-electron chi connectivity index (χ3n) is 2.49. The van der Waals surface area contributed by atoms with E-state index < -0.39 is 0 Å². The lowest BCUT2D eigenvalue weighted by Gasteiger charge is -2.20. The summed E-state index contributed by atoms with van der Waals surface area (Å²) in [6, 6.07) is 0.0644. The van der Waals surface area contributed by atoms with Crippen LogP contribution in [0.15, 0.2) is 10.8 Å². The van der Waals surface area contributed by atoms with Gasteiger partial charge in [-0.3, -0.25) is 4.79 Å². The van der Waals surface area contributed by atoms with Crippen molar-refractivity contribution in [3.63, 3.8) is 0 Å². The van der Waals surface area contributed by atoms with Gasteiger partial charge in [0.2, 0.25) is 5.76 Å². The molecule has 0 bridgehead atoms. The monoisotopic (exact) mass is 244 g/mol. The van der Waals surface area contributed by atoms with Gasteiger partial charge >= 0.3 is 0 Å². The molecule has 16 heavy (non-hydrogen) atoms. The quantitative estimate of drug-likeness (QED) is 0.809. The highest BCUT2D eigenvalue weighted by molar-refractivity contribution is 6.17. The minimum atomic E-state index is -0.223. The summed E-state index contributed by atoms with van der Waals surface area (Å²) in [7, 11) is 0. The first kappa shape index (κ1) is 13.0. The Kier molecular flexibility index (Phi) is 4.80. The van der Waals surface area contributed by atoms with Crippen LogP contribution in [0.1, 0.15) is 36.5 Å². The van der Waals surface area contributed by atoms with Gasteiger partial charge in [-0.2, -0.15) is 0 Å². The van der Waals surface area contributed by atoms with Crippen LogP contribution < -0.4 is 5.32 Å². The van der Waals surface area contributed by atoms with E-state index in [9.17, 15) is 4.79 Å². The van der Waals surface area contributed by atoms with Gasteiger partial charge in [0.1, 0.15) is 0 Å². The van der Waals surface area contributed by atoms with Crippen molar-refractivity contribution in [1.82, 2.24) is 10.3 Å². The van der Waals surface area contributed by atoms with Gasteiger partial charge in [-0.1, -0.05) is 13.8 Å². The Morgan fingerprint density at radius 2 is 2.31 bits per heavy atom. The normalized spacial score (nSPS) is 12.8. The number of rotatable bonds is 5. The summed E-state index contributed by atoms with van der Waals surface area (Å²) in [5.41, 5.74) is 0.603. The van der Waals surface area contributed by atoms with Crippen LogP contribution in [-0.4, -0.2) is 22.8 Å². The maximum absolute atomic E-state index is 11.8. The lowest BCUT2D eigenvalue weighted by molar-refractivity contribution is 0.0896. The van der Waals surface area contributed by atoms with Crippen molar-refractivity contribution in [3.05, 3.63) is 17.8 Å². The number of aromatic nitrogens is 1. The first-order valence-electron chi connectivity index (χ1n) is 5.33. The van der Waals surface area contributed by atoms with Gasteiger partial charge in [0.25, 0.3) is 5.91 Å². The van der Waals surface area contributed by atoms with Crippen LogP contribution in [-0.2, 0) is 0 Å². The fourth-order valence-electron chi connectivity index (χ4n) is 1.44. The molecule has 1 heterocycles. The van der Waals surface area contributed by atoms with Crippen molar-refractivity contribution in [2.75, 3.05) is 5.88 Å². The van der Waals surface area contributed by atoms with E-state index in [0.717, 1.165) is 6.42 Å². The van der Waals surface area contributed by atoms with Crippen molar-refractivity contribution in [1.29, 1.82) is 0 Å². The molecule has 0 saturated carbocycles. The highest BCUT2D eigenvalue weighted by Gasteiger charge is 2.20. The SMILES string of the molecule is Cc1ncoc1C(=O)NC(CCCl)C(C)C. The molecule has 0 spiro atoms. The number of amides is 1. The van der Waals surface area contributed by atoms with E-state index in [2.05, 4.69) is 10.3 Å². The highest BCUT2D eigenvalue weighted by Crippen LogP contribution is 2.10. The molecule has 5 heteroatoms. The fourth-order valence-corrected chi connectivity index (χ4v) is 1.68. The predicted octanol–water partition coefficient (Wildman–Crippen LogP) is 2.37. The maximum atomic E-state index is 11.8. The largest absolute Gasteiger partial charge is 0.438 e. The molecule has 1 amide bonds. The van der Waals surface area contributed by atoms with Gasteiger partial charge < -0.3 is 9.73 Å². The van der Waals surface area contributed by atoms with E-state index in [0.29, 0.717) is 17.5 Å².